The molecule has 2 rings (SSSR count). The van der Waals surface area contributed by atoms with E-state index >= 15 is 0 Å². The zero-order valence-electron chi connectivity index (χ0n) is 7.89. The Kier molecular flexibility index (Phi) is 3.02. The molecular weight excluding hydrogens is 263 g/mol. The number of carbonyl (C=O) groups is 1. The molecule has 1 fully saturated rings. The van der Waals surface area contributed by atoms with Crippen molar-refractivity contribution in [1.82, 2.24) is 10.6 Å². The van der Waals surface area contributed by atoms with Gasteiger partial charge in [0.1, 0.15) is 11.9 Å². The maximum atomic E-state index is 13.0. The van der Waals surface area contributed by atoms with Gasteiger partial charge < -0.3 is 10.6 Å². The Labute approximate surface area is 95.2 Å². The first-order valence-electron chi connectivity index (χ1n) is 4.64. The number of hydrogen-bond acceptors (Lipinski definition) is 2. The van der Waals surface area contributed by atoms with Crippen molar-refractivity contribution in [3.8, 4) is 0 Å². The summed E-state index contributed by atoms with van der Waals surface area (Å²) < 4.78 is 13.8. The van der Waals surface area contributed by atoms with E-state index in [0.29, 0.717) is 18.7 Å². The number of benzene rings is 1. The molecule has 0 aromatic heterocycles. The lowest BCUT2D eigenvalue weighted by atomic mass is 10.0. The summed E-state index contributed by atoms with van der Waals surface area (Å²) in [7, 11) is 0. The highest BCUT2D eigenvalue weighted by atomic mass is 79.9. The predicted octanol–water partition coefficient (Wildman–Crippen LogP) is 1.35. The van der Waals surface area contributed by atoms with Crippen molar-refractivity contribution in [3.63, 3.8) is 0 Å². The fourth-order valence-corrected chi connectivity index (χ4v) is 2.06. The Morgan fingerprint density at radius 1 is 1.40 bits per heavy atom. The van der Waals surface area contributed by atoms with Crippen LogP contribution in [0.3, 0.4) is 0 Å². The fourth-order valence-electron chi connectivity index (χ4n) is 1.58. The topological polar surface area (TPSA) is 41.1 Å². The molecule has 0 aliphatic carbocycles. The van der Waals surface area contributed by atoms with E-state index in [0.717, 1.165) is 4.47 Å². The lowest BCUT2D eigenvalue weighted by Crippen LogP contribution is -2.47. The molecule has 1 aromatic rings. The van der Waals surface area contributed by atoms with Gasteiger partial charge in [-0.25, -0.2) is 4.39 Å². The quantitative estimate of drug-likeness (QED) is 0.811. The molecule has 1 aromatic carbocycles. The summed E-state index contributed by atoms with van der Waals surface area (Å²) in [4.78, 5) is 11.5. The molecule has 1 amide bonds. The average Bonchev–Trinajstić information content (AvgIpc) is 2.23. The second kappa shape index (κ2) is 4.28. The highest BCUT2D eigenvalue weighted by molar-refractivity contribution is 9.10. The summed E-state index contributed by atoms with van der Waals surface area (Å²) >= 11 is 3.31. The minimum atomic E-state index is -0.469. The molecule has 1 atom stereocenters. The van der Waals surface area contributed by atoms with E-state index in [4.69, 9.17) is 0 Å². The minimum Gasteiger partial charge on any atom is -0.353 e. The van der Waals surface area contributed by atoms with Gasteiger partial charge >= 0.3 is 0 Å². The van der Waals surface area contributed by atoms with E-state index in [-0.39, 0.29) is 11.7 Å². The number of carbonyl (C=O) groups excluding carboxylic acids is 1. The van der Waals surface area contributed by atoms with Crippen LogP contribution >= 0.6 is 15.9 Å². The van der Waals surface area contributed by atoms with Crippen LogP contribution in [0.1, 0.15) is 11.6 Å². The molecule has 80 valence electrons. The number of halogens is 2. The Bertz CT molecular complexity index is 397. The van der Waals surface area contributed by atoms with E-state index < -0.39 is 6.04 Å². The zero-order valence-corrected chi connectivity index (χ0v) is 9.47. The summed E-state index contributed by atoms with van der Waals surface area (Å²) in [6.45, 7) is 1.31. The molecule has 0 spiro atoms. The molecule has 2 N–H and O–H groups in total. The van der Waals surface area contributed by atoms with Crippen LogP contribution in [0.5, 0.6) is 0 Å². The van der Waals surface area contributed by atoms with Gasteiger partial charge in [-0.2, -0.15) is 0 Å². The summed E-state index contributed by atoms with van der Waals surface area (Å²) in [5, 5.41) is 5.78. The minimum absolute atomic E-state index is 0.118. The van der Waals surface area contributed by atoms with Crippen LogP contribution in [0, 0.1) is 5.82 Å². The van der Waals surface area contributed by atoms with Gasteiger partial charge in [0.05, 0.1) is 0 Å². The Morgan fingerprint density at radius 3 is 2.93 bits per heavy atom. The van der Waals surface area contributed by atoms with Crippen molar-refractivity contribution in [1.29, 1.82) is 0 Å². The normalized spacial score (nSPS) is 21.2. The molecule has 3 nitrogen and oxygen atoms in total. The maximum Gasteiger partial charge on any atom is 0.241 e. The van der Waals surface area contributed by atoms with Crippen molar-refractivity contribution >= 4 is 21.8 Å². The molecule has 1 aliphatic heterocycles. The fraction of sp³-hybridized carbons (Fsp3) is 0.300. The molecule has 15 heavy (non-hydrogen) atoms. The van der Waals surface area contributed by atoms with Crippen molar-refractivity contribution in [3.05, 3.63) is 34.1 Å². The van der Waals surface area contributed by atoms with Gasteiger partial charge in [0.15, 0.2) is 0 Å². The highest BCUT2D eigenvalue weighted by Crippen LogP contribution is 2.25. The molecular formula is C10H10BrFN2O. The molecule has 1 saturated heterocycles. The van der Waals surface area contributed by atoms with Crippen LogP contribution in [0.25, 0.3) is 0 Å². The Hall–Kier alpha value is -0.940. The van der Waals surface area contributed by atoms with Gasteiger partial charge in [0.2, 0.25) is 5.91 Å². The third-order valence-corrected chi connectivity index (χ3v) is 3.03. The monoisotopic (exact) mass is 272 g/mol. The van der Waals surface area contributed by atoms with Crippen LogP contribution in [0.4, 0.5) is 4.39 Å². The van der Waals surface area contributed by atoms with Crippen molar-refractivity contribution in [2.24, 2.45) is 0 Å². The van der Waals surface area contributed by atoms with E-state index in [9.17, 15) is 9.18 Å². The lowest BCUT2D eigenvalue weighted by Gasteiger charge is -2.24. The molecule has 0 saturated carbocycles. The number of amides is 1. The molecule has 1 unspecified atom stereocenters. The van der Waals surface area contributed by atoms with Crippen LogP contribution in [-0.2, 0) is 4.79 Å². The van der Waals surface area contributed by atoms with Gasteiger partial charge in [0, 0.05) is 17.6 Å². The molecule has 1 aliphatic rings. The van der Waals surface area contributed by atoms with Crippen LogP contribution in [0.15, 0.2) is 22.7 Å². The largest absolute Gasteiger partial charge is 0.353 e. The zero-order chi connectivity index (χ0) is 10.8. The second-order valence-corrected chi connectivity index (χ2v) is 4.20. The van der Waals surface area contributed by atoms with Gasteiger partial charge in [-0.05, 0) is 23.8 Å². The Balaban J connectivity index is 2.34. The number of nitrogens with one attached hydrogen (secondary N) is 2. The first-order chi connectivity index (χ1) is 7.18. The summed E-state index contributed by atoms with van der Waals surface area (Å²) in [5.41, 5.74) is 0.632. The van der Waals surface area contributed by atoms with Crippen molar-refractivity contribution in [2.75, 3.05) is 13.1 Å². The predicted molar refractivity (Wildman–Crippen MR) is 57.9 cm³/mol. The third kappa shape index (κ3) is 2.18. The highest BCUT2D eigenvalue weighted by Gasteiger charge is 2.25. The summed E-state index contributed by atoms with van der Waals surface area (Å²) in [6.07, 6.45) is 0. The van der Waals surface area contributed by atoms with Crippen molar-refractivity contribution in [2.45, 2.75) is 6.04 Å². The third-order valence-electron chi connectivity index (χ3n) is 2.30. The summed E-state index contributed by atoms with van der Waals surface area (Å²) in [6, 6.07) is 3.86. The van der Waals surface area contributed by atoms with Gasteiger partial charge in [-0.15, -0.1) is 0 Å². The standard InChI is InChI=1S/C10H10BrFN2O/c11-8-2-1-6(12)5-7(8)9-10(15)14-4-3-13-9/h1-2,5,9,13H,3-4H2,(H,14,15). The van der Waals surface area contributed by atoms with Gasteiger partial charge in [-0.3, -0.25) is 4.79 Å². The SMILES string of the molecule is O=C1NCCNC1c1cc(F)ccc1Br. The molecule has 1 heterocycles. The van der Waals surface area contributed by atoms with E-state index in [1.807, 2.05) is 0 Å². The van der Waals surface area contributed by atoms with Crippen molar-refractivity contribution < 1.29 is 9.18 Å². The van der Waals surface area contributed by atoms with Crippen LogP contribution in [-0.4, -0.2) is 19.0 Å². The number of hydrogen-bond donors (Lipinski definition) is 2. The second-order valence-electron chi connectivity index (χ2n) is 3.34. The first kappa shape index (κ1) is 10.6. The molecule has 5 heteroatoms. The lowest BCUT2D eigenvalue weighted by molar-refractivity contribution is -0.124. The summed E-state index contributed by atoms with van der Waals surface area (Å²) in [5.74, 6) is -0.457. The maximum absolute atomic E-state index is 13.0. The van der Waals surface area contributed by atoms with Crippen LogP contribution < -0.4 is 10.6 Å². The van der Waals surface area contributed by atoms with E-state index in [1.165, 1.54) is 12.1 Å². The molecule has 0 bridgehead atoms. The molecule has 0 radical (unpaired) electrons. The van der Waals surface area contributed by atoms with E-state index in [1.54, 1.807) is 6.07 Å². The first-order valence-corrected chi connectivity index (χ1v) is 5.44. The Morgan fingerprint density at radius 2 is 2.20 bits per heavy atom. The van der Waals surface area contributed by atoms with Gasteiger partial charge in [0.25, 0.3) is 0 Å². The van der Waals surface area contributed by atoms with Crippen LogP contribution in [0.2, 0.25) is 0 Å². The average molecular weight is 273 g/mol. The van der Waals surface area contributed by atoms with Gasteiger partial charge in [-0.1, -0.05) is 15.9 Å². The van der Waals surface area contributed by atoms with E-state index in [2.05, 4.69) is 26.6 Å². The number of piperazine rings is 1. The number of rotatable bonds is 1. The smallest absolute Gasteiger partial charge is 0.241 e.